The molecule has 1 saturated carbocycles. The third-order valence-electron chi connectivity index (χ3n) is 4.60. The van der Waals surface area contributed by atoms with Crippen molar-refractivity contribution < 1.29 is 0 Å². The van der Waals surface area contributed by atoms with Crippen LogP contribution in [0.15, 0.2) is 11.6 Å². The molecule has 18 heavy (non-hydrogen) atoms. The summed E-state index contributed by atoms with van der Waals surface area (Å²) in [5.41, 5.74) is 15.0. The zero-order valence-corrected chi connectivity index (χ0v) is 11.7. The van der Waals surface area contributed by atoms with E-state index in [1.54, 1.807) is 5.57 Å². The molecule has 1 heteroatoms. The number of nitrogens with two attached hydrogens (primary N) is 1. The Bertz CT molecular complexity index is 521. The van der Waals surface area contributed by atoms with Gasteiger partial charge in [-0.25, -0.2) is 0 Å². The number of aryl methyl sites for hydroxylation is 1. The summed E-state index contributed by atoms with van der Waals surface area (Å²) in [5.74, 6) is 0.860. The van der Waals surface area contributed by atoms with Crippen LogP contribution in [0.5, 0.6) is 0 Å². The molecule has 1 nitrogen and oxygen atoms in total. The van der Waals surface area contributed by atoms with E-state index < -0.39 is 0 Å². The molecular weight excluding hydrogens is 218 g/mol. The van der Waals surface area contributed by atoms with Gasteiger partial charge in [-0.2, -0.15) is 0 Å². The van der Waals surface area contributed by atoms with Crippen molar-refractivity contribution in [2.45, 2.75) is 52.5 Å². The van der Waals surface area contributed by atoms with Crippen molar-refractivity contribution in [1.82, 2.24) is 0 Å². The molecule has 0 heterocycles. The lowest BCUT2D eigenvalue weighted by atomic mass is 9.92. The van der Waals surface area contributed by atoms with Crippen LogP contribution in [0.1, 0.15) is 47.6 Å². The van der Waals surface area contributed by atoms with E-state index in [1.165, 1.54) is 40.7 Å². The van der Waals surface area contributed by atoms with Gasteiger partial charge in [0, 0.05) is 6.04 Å². The Morgan fingerprint density at radius 2 is 2.00 bits per heavy atom. The van der Waals surface area contributed by atoms with Crippen LogP contribution in [0, 0.1) is 19.8 Å². The van der Waals surface area contributed by atoms with E-state index in [9.17, 15) is 0 Å². The van der Waals surface area contributed by atoms with E-state index in [0.717, 1.165) is 18.8 Å². The molecule has 0 aromatic heterocycles. The molecule has 1 unspecified atom stereocenters. The van der Waals surface area contributed by atoms with Crippen LogP contribution in [0.2, 0.25) is 0 Å². The Morgan fingerprint density at radius 1 is 1.28 bits per heavy atom. The zero-order chi connectivity index (χ0) is 12.9. The first-order valence-corrected chi connectivity index (χ1v) is 7.12. The number of allylic oxidation sites excluding steroid dienone is 1. The van der Waals surface area contributed by atoms with Gasteiger partial charge in [-0.1, -0.05) is 17.7 Å². The highest BCUT2D eigenvalue weighted by Gasteiger charge is 2.25. The fourth-order valence-electron chi connectivity index (χ4n) is 3.31. The molecule has 1 fully saturated rings. The molecule has 3 rings (SSSR count). The third-order valence-corrected chi connectivity index (χ3v) is 4.60. The SMILES string of the molecule is C/C(=C\c1c(C)cc2c(c1C)CC(N)C2)C1CC1. The second kappa shape index (κ2) is 4.24. The fourth-order valence-corrected chi connectivity index (χ4v) is 3.31. The summed E-state index contributed by atoms with van der Waals surface area (Å²) < 4.78 is 0. The molecule has 1 aromatic carbocycles. The molecule has 2 N–H and O–H groups in total. The van der Waals surface area contributed by atoms with Crippen LogP contribution < -0.4 is 5.73 Å². The molecule has 2 aliphatic rings. The maximum Gasteiger partial charge on any atom is 0.0120 e. The van der Waals surface area contributed by atoms with Gasteiger partial charge in [0.05, 0.1) is 0 Å². The van der Waals surface area contributed by atoms with Gasteiger partial charge in [0.1, 0.15) is 0 Å². The standard InChI is InChI=1S/C17H23N/c1-10(13-4-5-13)7-16-11(2)6-14-8-15(18)9-17(14)12(16)3/h6-7,13,15H,4-5,8-9,18H2,1-3H3/b10-7+. The monoisotopic (exact) mass is 241 g/mol. The number of rotatable bonds is 2. The number of benzene rings is 1. The van der Waals surface area contributed by atoms with Crippen molar-refractivity contribution in [3.8, 4) is 0 Å². The van der Waals surface area contributed by atoms with Gasteiger partial charge < -0.3 is 5.73 Å². The lowest BCUT2D eigenvalue weighted by Crippen LogP contribution is -2.19. The molecule has 1 atom stereocenters. The lowest BCUT2D eigenvalue weighted by molar-refractivity contribution is 0.720. The molecule has 0 aliphatic heterocycles. The number of fused-ring (bicyclic) bond motifs is 1. The molecule has 1 aromatic rings. The average Bonchev–Trinajstić information content (AvgIpc) is 3.08. The minimum Gasteiger partial charge on any atom is -0.327 e. The van der Waals surface area contributed by atoms with Crippen LogP contribution in [0.25, 0.3) is 6.08 Å². The van der Waals surface area contributed by atoms with Crippen LogP contribution >= 0.6 is 0 Å². The summed E-state index contributed by atoms with van der Waals surface area (Å²) >= 11 is 0. The van der Waals surface area contributed by atoms with Gasteiger partial charge in [-0.15, -0.1) is 0 Å². The van der Waals surface area contributed by atoms with E-state index in [1.807, 2.05) is 0 Å². The number of hydrogen-bond donors (Lipinski definition) is 1. The largest absolute Gasteiger partial charge is 0.327 e. The molecule has 96 valence electrons. The van der Waals surface area contributed by atoms with Crippen LogP contribution in [0.4, 0.5) is 0 Å². The second-order valence-electron chi connectivity index (χ2n) is 6.20. The van der Waals surface area contributed by atoms with Crippen molar-refractivity contribution in [2.75, 3.05) is 0 Å². The van der Waals surface area contributed by atoms with Gasteiger partial charge in [-0.05, 0) is 80.2 Å². The first kappa shape index (κ1) is 12.0. The molecular formula is C17H23N. The number of hydrogen-bond acceptors (Lipinski definition) is 1. The molecule has 0 radical (unpaired) electrons. The van der Waals surface area contributed by atoms with Crippen LogP contribution in [-0.2, 0) is 12.8 Å². The Kier molecular flexibility index (Phi) is 2.82. The Morgan fingerprint density at radius 3 is 2.67 bits per heavy atom. The first-order chi connectivity index (χ1) is 8.56. The highest BCUT2D eigenvalue weighted by Crippen LogP contribution is 2.38. The van der Waals surface area contributed by atoms with Gasteiger partial charge in [0.25, 0.3) is 0 Å². The van der Waals surface area contributed by atoms with Crippen molar-refractivity contribution >= 4 is 6.08 Å². The summed E-state index contributed by atoms with van der Waals surface area (Å²) in [6.07, 6.45) is 7.31. The minimum absolute atomic E-state index is 0.335. The summed E-state index contributed by atoms with van der Waals surface area (Å²) in [6.45, 7) is 6.80. The zero-order valence-electron chi connectivity index (χ0n) is 11.7. The maximum atomic E-state index is 6.10. The van der Waals surface area contributed by atoms with Gasteiger partial charge >= 0.3 is 0 Å². The quantitative estimate of drug-likeness (QED) is 0.842. The fraction of sp³-hybridized carbons (Fsp3) is 0.529. The van der Waals surface area contributed by atoms with E-state index in [-0.39, 0.29) is 0 Å². The van der Waals surface area contributed by atoms with Crippen molar-refractivity contribution in [2.24, 2.45) is 11.7 Å². The molecule has 0 bridgehead atoms. The summed E-state index contributed by atoms with van der Waals surface area (Å²) in [7, 11) is 0. The van der Waals surface area contributed by atoms with Crippen LogP contribution in [-0.4, -0.2) is 6.04 Å². The lowest BCUT2D eigenvalue weighted by Gasteiger charge is -2.13. The van der Waals surface area contributed by atoms with Gasteiger partial charge in [-0.3, -0.25) is 0 Å². The Balaban J connectivity index is 2.05. The van der Waals surface area contributed by atoms with Gasteiger partial charge in [0.15, 0.2) is 0 Å². The topological polar surface area (TPSA) is 26.0 Å². The van der Waals surface area contributed by atoms with E-state index in [0.29, 0.717) is 6.04 Å². The van der Waals surface area contributed by atoms with Crippen molar-refractivity contribution in [1.29, 1.82) is 0 Å². The molecule has 0 amide bonds. The van der Waals surface area contributed by atoms with Crippen molar-refractivity contribution in [3.05, 3.63) is 39.5 Å². The van der Waals surface area contributed by atoms with Gasteiger partial charge in [0.2, 0.25) is 0 Å². The highest BCUT2D eigenvalue weighted by molar-refractivity contribution is 5.64. The predicted octanol–water partition coefficient (Wildman–Crippen LogP) is 3.54. The summed E-state index contributed by atoms with van der Waals surface area (Å²) in [6, 6.07) is 2.70. The first-order valence-electron chi connectivity index (χ1n) is 7.12. The normalized spacial score (nSPS) is 23.3. The molecule has 0 spiro atoms. The highest BCUT2D eigenvalue weighted by atomic mass is 14.6. The van der Waals surface area contributed by atoms with Crippen molar-refractivity contribution in [3.63, 3.8) is 0 Å². The Hall–Kier alpha value is -1.08. The second-order valence-corrected chi connectivity index (χ2v) is 6.20. The van der Waals surface area contributed by atoms with E-state index >= 15 is 0 Å². The summed E-state index contributed by atoms with van der Waals surface area (Å²) in [4.78, 5) is 0. The maximum absolute atomic E-state index is 6.10. The van der Waals surface area contributed by atoms with Crippen LogP contribution in [0.3, 0.4) is 0 Å². The minimum atomic E-state index is 0.335. The predicted molar refractivity (Wildman–Crippen MR) is 77.7 cm³/mol. The Labute approximate surface area is 110 Å². The molecule has 0 saturated heterocycles. The average molecular weight is 241 g/mol. The van der Waals surface area contributed by atoms with E-state index in [2.05, 4.69) is 32.9 Å². The smallest absolute Gasteiger partial charge is 0.0120 e. The molecule has 2 aliphatic carbocycles. The summed E-state index contributed by atoms with van der Waals surface area (Å²) in [5, 5.41) is 0. The third kappa shape index (κ3) is 2.01. The van der Waals surface area contributed by atoms with E-state index in [4.69, 9.17) is 5.73 Å².